The minimum absolute atomic E-state index is 0.313. The number of nitrogens with two attached hydrogens (primary N) is 1. The van der Waals surface area contributed by atoms with Crippen LogP contribution >= 0.6 is 0 Å². The molecule has 0 bridgehead atoms. The molecule has 0 aliphatic rings. The highest BCUT2D eigenvalue weighted by molar-refractivity contribution is 5.56. The van der Waals surface area contributed by atoms with Crippen molar-refractivity contribution < 1.29 is 0 Å². The van der Waals surface area contributed by atoms with Crippen LogP contribution in [-0.2, 0) is 0 Å². The van der Waals surface area contributed by atoms with E-state index < -0.39 is 0 Å². The van der Waals surface area contributed by atoms with Gasteiger partial charge in [0.15, 0.2) is 0 Å². The Morgan fingerprint density at radius 1 is 1.29 bits per heavy atom. The van der Waals surface area contributed by atoms with E-state index in [9.17, 15) is 0 Å². The topological polar surface area (TPSA) is 67.1 Å². The predicted octanol–water partition coefficient (Wildman–Crippen LogP) is 1.54. The van der Waals surface area contributed by atoms with Crippen LogP contribution in [0, 0.1) is 0 Å². The predicted molar refractivity (Wildman–Crippen MR) is 72.2 cm³/mol. The van der Waals surface area contributed by atoms with Crippen LogP contribution in [0.1, 0.15) is 32.3 Å². The first-order chi connectivity index (χ1) is 7.93. The lowest BCUT2D eigenvalue weighted by Gasteiger charge is -2.22. The maximum Gasteiger partial charge on any atom is 0.135 e. The summed E-state index contributed by atoms with van der Waals surface area (Å²) in [5.41, 5.74) is 6.89. The summed E-state index contributed by atoms with van der Waals surface area (Å²) in [6.45, 7) is 7.18. The second kappa shape index (κ2) is 5.82. The molecule has 0 aliphatic heterocycles. The second-order valence-corrected chi connectivity index (χ2v) is 4.87. The van der Waals surface area contributed by atoms with Gasteiger partial charge in [-0.25, -0.2) is 9.97 Å². The molecule has 1 aromatic rings. The number of hydrogen-bond donors (Lipinski definition) is 2. The molecule has 17 heavy (non-hydrogen) atoms. The van der Waals surface area contributed by atoms with Gasteiger partial charge in [0, 0.05) is 18.2 Å². The van der Waals surface area contributed by atoms with Crippen molar-refractivity contribution in [1.82, 2.24) is 14.9 Å². The van der Waals surface area contributed by atoms with Crippen molar-refractivity contribution in [1.29, 1.82) is 0 Å². The average molecular weight is 237 g/mol. The Bertz CT molecular complexity index is 362. The van der Waals surface area contributed by atoms with Gasteiger partial charge in [-0.05, 0) is 26.9 Å². The Labute approximate surface area is 103 Å². The fourth-order valence-corrected chi connectivity index (χ4v) is 1.55. The van der Waals surface area contributed by atoms with Gasteiger partial charge >= 0.3 is 0 Å². The molecule has 96 valence electrons. The van der Waals surface area contributed by atoms with E-state index >= 15 is 0 Å². The molecule has 0 amide bonds. The number of aromatic nitrogens is 2. The van der Waals surface area contributed by atoms with Gasteiger partial charge in [0.05, 0.1) is 0 Å². The summed E-state index contributed by atoms with van der Waals surface area (Å²) in [6, 6.07) is 0.436. The molecular weight excluding hydrogens is 214 g/mol. The maximum absolute atomic E-state index is 5.89. The third-order valence-corrected chi connectivity index (χ3v) is 2.94. The summed E-state index contributed by atoms with van der Waals surface area (Å²) in [5, 5.41) is 3.34. The molecule has 1 atom stereocenters. The Morgan fingerprint density at radius 3 is 2.47 bits per heavy atom. The normalized spacial score (nSPS) is 13.1. The van der Waals surface area contributed by atoms with Gasteiger partial charge in [-0.1, -0.05) is 13.8 Å². The minimum atomic E-state index is 0.313. The molecular formula is C12H23N5. The van der Waals surface area contributed by atoms with Crippen molar-refractivity contribution in [2.45, 2.75) is 32.7 Å². The van der Waals surface area contributed by atoms with Crippen molar-refractivity contribution >= 4 is 11.6 Å². The highest BCUT2D eigenvalue weighted by Crippen LogP contribution is 2.26. The number of nitrogen functional groups attached to an aromatic ring is 1. The Hall–Kier alpha value is -1.36. The zero-order valence-electron chi connectivity index (χ0n) is 11.4. The lowest BCUT2D eigenvalue weighted by molar-refractivity contribution is 0.326. The van der Waals surface area contributed by atoms with Crippen molar-refractivity contribution in [3.05, 3.63) is 11.9 Å². The number of nitrogens with zero attached hydrogens (tertiary/aromatic N) is 3. The molecule has 0 saturated carbocycles. The van der Waals surface area contributed by atoms with E-state index in [-0.39, 0.29) is 0 Å². The fourth-order valence-electron chi connectivity index (χ4n) is 1.55. The first kappa shape index (κ1) is 13.7. The summed E-state index contributed by atoms with van der Waals surface area (Å²) < 4.78 is 0. The van der Waals surface area contributed by atoms with Crippen molar-refractivity contribution in [3.63, 3.8) is 0 Å². The zero-order chi connectivity index (χ0) is 13.0. The zero-order valence-corrected chi connectivity index (χ0v) is 11.4. The lowest BCUT2D eigenvalue weighted by atomic mass is 10.0. The van der Waals surface area contributed by atoms with Crippen LogP contribution in [0.25, 0.3) is 0 Å². The van der Waals surface area contributed by atoms with E-state index in [1.807, 2.05) is 0 Å². The highest BCUT2D eigenvalue weighted by Gasteiger charge is 2.13. The SMILES string of the molecule is CC(C)c1c(N)ncnc1NCC(C)N(C)C. The summed E-state index contributed by atoms with van der Waals surface area (Å²) >= 11 is 0. The van der Waals surface area contributed by atoms with Gasteiger partial charge in [-0.3, -0.25) is 0 Å². The third kappa shape index (κ3) is 3.56. The van der Waals surface area contributed by atoms with Crippen LogP contribution in [0.3, 0.4) is 0 Å². The standard InChI is InChI=1S/C12H23N5/c1-8(2)10-11(13)15-7-16-12(10)14-6-9(3)17(4)5/h7-9H,6H2,1-5H3,(H3,13,14,15,16). The Kier molecular flexibility index (Phi) is 4.69. The molecule has 0 fully saturated rings. The largest absolute Gasteiger partial charge is 0.383 e. The molecule has 1 aromatic heterocycles. The van der Waals surface area contributed by atoms with Gasteiger partial charge in [-0.2, -0.15) is 0 Å². The average Bonchev–Trinajstić information content (AvgIpc) is 2.24. The first-order valence-corrected chi connectivity index (χ1v) is 5.94. The van der Waals surface area contributed by atoms with Crippen LogP contribution in [0.4, 0.5) is 11.6 Å². The van der Waals surface area contributed by atoms with Gasteiger partial charge < -0.3 is 16.0 Å². The molecule has 0 radical (unpaired) electrons. The summed E-state index contributed by atoms with van der Waals surface area (Å²) in [4.78, 5) is 10.5. The summed E-state index contributed by atoms with van der Waals surface area (Å²) in [5.74, 6) is 1.73. The monoisotopic (exact) mass is 237 g/mol. The van der Waals surface area contributed by atoms with Gasteiger partial charge in [-0.15, -0.1) is 0 Å². The van der Waals surface area contributed by atoms with Crippen molar-refractivity contribution in [2.75, 3.05) is 31.7 Å². The molecule has 5 nitrogen and oxygen atoms in total. The van der Waals surface area contributed by atoms with Crippen molar-refractivity contribution in [2.24, 2.45) is 0 Å². The maximum atomic E-state index is 5.89. The fraction of sp³-hybridized carbons (Fsp3) is 0.667. The lowest BCUT2D eigenvalue weighted by Crippen LogP contribution is -2.32. The third-order valence-electron chi connectivity index (χ3n) is 2.94. The van der Waals surface area contributed by atoms with E-state index in [0.29, 0.717) is 17.8 Å². The van der Waals surface area contributed by atoms with Crippen LogP contribution in [0.15, 0.2) is 6.33 Å². The number of nitrogens with one attached hydrogen (secondary N) is 1. The highest BCUT2D eigenvalue weighted by atomic mass is 15.1. The van der Waals surface area contributed by atoms with E-state index in [0.717, 1.165) is 17.9 Å². The number of rotatable bonds is 5. The van der Waals surface area contributed by atoms with Gasteiger partial charge in [0.2, 0.25) is 0 Å². The molecule has 0 saturated heterocycles. The smallest absolute Gasteiger partial charge is 0.135 e. The molecule has 0 spiro atoms. The summed E-state index contributed by atoms with van der Waals surface area (Å²) in [6.07, 6.45) is 1.50. The van der Waals surface area contributed by atoms with Crippen LogP contribution in [-0.4, -0.2) is 41.5 Å². The van der Waals surface area contributed by atoms with Gasteiger partial charge in [0.25, 0.3) is 0 Å². The molecule has 3 N–H and O–H groups in total. The Morgan fingerprint density at radius 2 is 1.94 bits per heavy atom. The Balaban J connectivity index is 2.81. The van der Waals surface area contributed by atoms with Crippen LogP contribution < -0.4 is 11.1 Å². The second-order valence-electron chi connectivity index (χ2n) is 4.87. The van der Waals surface area contributed by atoms with Crippen molar-refractivity contribution in [3.8, 4) is 0 Å². The molecule has 1 rings (SSSR count). The van der Waals surface area contributed by atoms with E-state index in [1.54, 1.807) is 0 Å². The molecule has 0 aliphatic carbocycles. The van der Waals surface area contributed by atoms with E-state index in [2.05, 4.69) is 55.1 Å². The van der Waals surface area contributed by atoms with E-state index in [1.165, 1.54) is 6.33 Å². The molecule has 5 heteroatoms. The quantitative estimate of drug-likeness (QED) is 0.813. The number of anilines is 2. The molecule has 1 heterocycles. The first-order valence-electron chi connectivity index (χ1n) is 5.94. The van der Waals surface area contributed by atoms with Crippen LogP contribution in [0.2, 0.25) is 0 Å². The van der Waals surface area contributed by atoms with E-state index in [4.69, 9.17) is 5.73 Å². The number of hydrogen-bond acceptors (Lipinski definition) is 5. The molecule has 1 unspecified atom stereocenters. The van der Waals surface area contributed by atoms with Crippen LogP contribution in [0.5, 0.6) is 0 Å². The van der Waals surface area contributed by atoms with Gasteiger partial charge in [0.1, 0.15) is 18.0 Å². The summed E-state index contributed by atoms with van der Waals surface area (Å²) in [7, 11) is 4.12. The minimum Gasteiger partial charge on any atom is -0.383 e. The molecule has 0 aromatic carbocycles. The number of likely N-dealkylation sites (N-methyl/N-ethyl adjacent to an activating group) is 1.